The first-order chi connectivity index (χ1) is 14.9. The number of carbonyl (C=O) groups excluding carboxylic acids is 3. The highest BCUT2D eigenvalue weighted by atomic mass is 35.5. The van der Waals surface area contributed by atoms with Crippen molar-refractivity contribution in [1.29, 1.82) is 0 Å². The average Bonchev–Trinajstić information content (AvgIpc) is 3.05. The molecule has 1 aliphatic heterocycles. The summed E-state index contributed by atoms with van der Waals surface area (Å²) in [7, 11) is 0. The molecule has 0 saturated heterocycles. The molecule has 0 spiro atoms. The number of hydrogen-bond acceptors (Lipinski definition) is 4. The van der Waals surface area contributed by atoms with Gasteiger partial charge in [0.25, 0.3) is 0 Å². The number of esters is 1. The zero-order chi connectivity index (χ0) is 22.0. The van der Waals surface area contributed by atoms with E-state index in [2.05, 4.69) is 0 Å². The minimum absolute atomic E-state index is 0.192. The summed E-state index contributed by atoms with van der Waals surface area (Å²) in [6.07, 6.45) is -0.197. The highest BCUT2D eigenvalue weighted by molar-refractivity contribution is 6.30. The molecular formula is C26H19ClO4. The Kier molecular flexibility index (Phi) is 5.57. The van der Waals surface area contributed by atoms with Gasteiger partial charge in [-0.05, 0) is 31.2 Å². The molecule has 0 N–H and O–H groups in total. The number of rotatable bonds is 6. The summed E-state index contributed by atoms with van der Waals surface area (Å²) in [6.45, 7) is 1.59. The van der Waals surface area contributed by atoms with E-state index < -0.39 is 11.4 Å². The molecule has 4 rings (SSSR count). The van der Waals surface area contributed by atoms with Crippen molar-refractivity contribution in [2.75, 3.05) is 0 Å². The van der Waals surface area contributed by atoms with E-state index in [9.17, 15) is 14.4 Å². The SMILES string of the molecule is CC1(CC(=O)c2ccc(Cl)cc2)C(=O)OC(c2ccccc2)=C1C(=O)c1ccccc1. The molecule has 0 fully saturated rings. The Morgan fingerprint density at radius 3 is 2.03 bits per heavy atom. The number of carbonyl (C=O) groups is 3. The van der Waals surface area contributed by atoms with Gasteiger partial charge in [0.2, 0.25) is 0 Å². The minimum Gasteiger partial charge on any atom is -0.425 e. The average molecular weight is 431 g/mol. The van der Waals surface area contributed by atoms with Gasteiger partial charge >= 0.3 is 5.97 Å². The third-order valence-electron chi connectivity index (χ3n) is 5.40. The number of benzene rings is 3. The van der Waals surface area contributed by atoms with Gasteiger partial charge in [0.05, 0.1) is 5.57 Å². The first-order valence-corrected chi connectivity index (χ1v) is 10.2. The fraction of sp³-hybridized carbons (Fsp3) is 0.115. The Bertz CT molecular complexity index is 1180. The van der Waals surface area contributed by atoms with Crippen molar-refractivity contribution >= 4 is 34.9 Å². The predicted molar refractivity (Wildman–Crippen MR) is 119 cm³/mol. The molecule has 31 heavy (non-hydrogen) atoms. The van der Waals surface area contributed by atoms with Crippen LogP contribution in [0.2, 0.25) is 5.02 Å². The molecule has 0 aromatic heterocycles. The van der Waals surface area contributed by atoms with Crippen LogP contribution in [0.4, 0.5) is 0 Å². The van der Waals surface area contributed by atoms with E-state index in [0.29, 0.717) is 21.7 Å². The van der Waals surface area contributed by atoms with E-state index in [-0.39, 0.29) is 29.3 Å². The summed E-state index contributed by atoms with van der Waals surface area (Å²) in [5, 5.41) is 0.509. The first-order valence-electron chi connectivity index (χ1n) is 9.81. The molecule has 3 aromatic carbocycles. The van der Waals surface area contributed by atoms with Crippen LogP contribution < -0.4 is 0 Å². The largest absolute Gasteiger partial charge is 0.425 e. The Hall–Kier alpha value is -3.50. The lowest BCUT2D eigenvalue weighted by Gasteiger charge is -2.22. The van der Waals surface area contributed by atoms with Crippen LogP contribution in [0.3, 0.4) is 0 Å². The van der Waals surface area contributed by atoms with Gasteiger partial charge in [0.15, 0.2) is 11.6 Å². The van der Waals surface area contributed by atoms with Gasteiger partial charge in [0, 0.05) is 28.1 Å². The predicted octanol–water partition coefficient (Wildman–Crippen LogP) is 5.77. The lowest BCUT2D eigenvalue weighted by Crippen LogP contribution is -2.32. The standard InChI is InChI=1S/C26H19ClO4/c1-26(16-21(28)17-12-14-20(27)15-13-17)22(23(29)18-8-4-2-5-9-18)24(31-25(26)30)19-10-6-3-7-11-19/h2-15H,16H2,1H3. The molecule has 1 unspecified atom stereocenters. The van der Waals surface area contributed by atoms with E-state index in [1.165, 1.54) is 0 Å². The second-order valence-electron chi connectivity index (χ2n) is 7.59. The van der Waals surface area contributed by atoms with Gasteiger partial charge in [0.1, 0.15) is 11.2 Å². The van der Waals surface area contributed by atoms with Crippen LogP contribution in [0.5, 0.6) is 0 Å². The Labute approximate surface area is 185 Å². The fourth-order valence-electron chi connectivity index (χ4n) is 3.71. The van der Waals surface area contributed by atoms with E-state index in [4.69, 9.17) is 16.3 Å². The van der Waals surface area contributed by atoms with Crippen LogP contribution in [-0.2, 0) is 9.53 Å². The molecule has 5 heteroatoms. The molecule has 0 aliphatic carbocycles. The van der Waals surface area contributed by atoms with Gasteiger partial charge in [-0.1, -0.05) is 72.3 Å². The molecule has 1 atom stereocenters. The Balaban J connectivity index is 1.81. The zero-order valence-electron chi connectivity index (χ0n) is 16.8. The van der Waals surface area contributed by atoms with Crippen LogP contribution in [0.15, 0.2) is 90.5 Å². The van der Waals surface area contributed by atoms with Gasteiger partial charge in [-0.25, -0.2) is 0 Å². The monoisotopic (exact) mass is 430 g/mol. The number of halogens is 1. The number of cyclic esters (lactones) is 1. The van der Waals surface area contributed by atoms with Crippen molar-refractivity contribution in [3.63, 3.8) is 0 Å². The van der Waals surface area contributed by atoms with E-state index >= 15 is 0 Å². The van der Waals surface area contributed by atoms with Crippen molar-refractivity contribution < 1.29 is 19.1 Å². The molecule has 1 heterocycles. The maximum atomic E-state index is 13.5. The summed E-state index contributed by atoms with van der Waals surface area (Å²) in [5.74, 6) is -1.03. The van der Waals surface area contributed by atoms with Gasteiger partial charge < -0.3 is 4.74 Å². The van der Waals surface area contributed by atoms with Crippen LogP contribution in [0.1, 0.15) is 39.6 Å². The fourth-order valence-corrected chi connectivity index (χ4v) is 3.83. The summed E-state index contributed by atoms with van der Waals surface area (Å²) in [4.78, 5) is 39.6. The van der Waals surface area contributed by atoms with Gasteiger partial charge in [-0.3, -0.25) is 14.4 Å². The van der Waals surface area contributed by atoms with Crippen molar-refractivity contribution in [1.82, 2.24) is 0 Å². The second kappa shape index (κ2) is 8.32. The third-order valence-corrected chi connectivity index (χ3v) is 5.66. The van der Waals surface area contributed by atoms with Crippen molar-refractivity contribution in [2.24, 2.45) is 5.41 Å². The minimum atomic E-state index is -1.42. The van der Waals surface area contributed by atoms with E-state index in [1.807, 2.05) is 12.1 Å². The van der Waals surface area contributed by atoms with Crippen LogP contribution >= 0.6 is 11.6 Å². The lowest BCUT2D eigenvalue weighted by molar-refractivity contribution is -0.142. The highest BCUT2D eigenvalue weighted by Crippen LogP contribution is 2.46. The second-order valence-corrected chi connectivity index (χ2v) is 8.03. The number of hydrogen-bond donors (Lipinski definition) is 0. The maximum absolute atomic E-state index is 13.5. The van der Waals surface area contributed by atoms with Crippen LogP contribution in [-0.4, -0.2) is 17.5 Å². The van der Waals surface area contributed by atoms with Crippen LogP contribution in [0.25, 0.3) is 5.76 Å². The molecule has 0 saturated carbocycles. The Morgan fingerprint density at radius 2 is 1.42 bits per heavy atom. The molecule has 154 valence electrons. The number of ether oxygens (including phenoxy) is 1. The summed E-state index contributed by atoms with van der Waals surface area (Å²) < 4.78 is 5.62. The number of ketones is 2. The molecule has 4 nitrogen and oxygen atoms in total. The zero-order valence-corrected chi connectivity index (χ0v) is 17.6. The van der Waals surface area contributed by atoms with Crippen molar-refractivity contribution in [2.45, 2.75) is 13.3 Å². The van der Waals surface area contributed by atoms with Crippen molar-refractivity contribution in [3.05, 3.63) is 112 Å². The van der Waals surface area contributed by atoms with E-state index in [1.54, 1.807) is 79.7 Å². The Morgan fingerprint density at radius 1 is 0.839 bits per heavy atom. The smallest absolute Gasteiger partial charge is 0.322 e. The maximum Gasteiger partial charge on any atom is 0.322 e. The topological polar surface area (TPSA) is 60.4 Å². The van der Waals surface area contributed by atoms with Crippen LogP contribution in [0, 0.1) is 5.41 Å². The normalized spacial score (nSPS) is 18.1. The lowest BCUT2D eigenvalue weighted by atomic mass is 9.74. The van der Waals surface area contributed by atoms with Gasteiger partial charge in [-0.15, -0.1) is 0 Å². The summed E-state index contributed by atoms with van der Waals surface area (Å²) in [5.41, 5.74) is 0.219. The highest BCUT2D eigenvalue weighted by Gasteiger charge is 2.51. The molecule has 0 radical (unpaired) electrons. The van der Waals surface area contributed by atoms with Crippen molar-refractivity contribution in [3.8, 4) is 0 Å². The molecule has 0 amide bonds. The molecule has 0 bridgehead atoms. The van der Waals surface area contributed by atoms with Gasteiger partial charge in [-0.2, -0.15) is 0 Å². The molecule has 3 aromatic rings. The summed E-state index contributed by atoms with van der Waals surface area (Å²) in [6, 6.07) is 24.1. The quantitative estimate of drug-likeness (QED) is 0.368. The number of Topliss-reactive ketones (excluding diaryl/α,β-unsaturated/α-hetero) is 2. The third kappa shape index (κ3) is 3.94. The summed E-state index contributed by atoms with van der Waals surface area (Å²) >= 11 is 5.92. The molecular weight excluding hydrogens is 412 g/mol. The van der Waals surface area contributed by atoms with E-state index in [0.717, 1.165) is 0 Å². The first kappa shape index (κ1) is 20.8. The molecule has 1 aliphatic rings.